The molecule has 3 aromatic rings. The molecule has 6 nitrogen and oxygen atoms in total. The maximum absolute atomic E-state index is 13.6. The second-order valence-electron chi connectivity index (χ2n) is 6.35. The fourth-order valence-electron chi connectivity index (χ4n) is 2.66. The van der Waals surface area contributed by atoms with Gasteiger partial charge < -0.3 is 10.1 Å². The van der Waals surface area contributed by atoms with Crippen LogP contribution in [0.3, 0.4) is 0 Å². The monoisotopic (exact) mass is 448 g/mol. The summed E-state index contributed by atoms with van der Waals surface area (Å²) in [6.07, 6.45) is 0.939. The van der Waals surface area contributed by atoms with Crippen molar-refractivity contribution < 1.29 is 22.3 Å². The van der Waals surface area contributed by atoms with Gasteiger partial charge in [-0.15, -0.1) is 0 Å². The molecule has 3 rings (SSSR count). The Balaban J connectivity index is 1.83. The van der Waals surface area contributed by atoms with E-state index in [0.717, 1.165) is 16.6 Å². The molecule has 1 amide bonds. The number of amides is 1. The molecule has 156 valence electrons. The van der Waals surface area contributed by atoms with Gasteiger partial charge in [0.1, 0.15) is 18.1 Å². The van der Waals surface area contributed by atoms with Crippen LogP contribution in [0.15, 0.2) is 72.8 Å². The minimum atomic E-state index is -3.84. The number of ether oxygens (including phenoxy) is 1. The van der Waals surface area contributed by atoms with E-state index in [0.29, 0.717) is 16.5 Å². The first kappa shape index (κ1) is 21.6. The van der Waals surface area contributed by atoms with Gasteiger partial charge in [-0.2, -0.15) is 0 Å². The Morgan fingerprint density at radius 2 is 1.80 bits per heavy atom. The molecule has 0 aliphatic heterocycles. The van der Waals surface area contributed by atoms with Gasteiger partial charge >= 0.3 is 0 Å². The summed E-state index contributed by atoms with van der Waals surface area (Å²) in [5.74, 6) is -0.386. The fraction of sp³-hybridized carbons (Fsp3) is 0.0952. The average Bonchev–Trinajstić information content (AvgIpc) is 2.68. The molecule has 0 aliphatic rings. The first-order chi connectivity index (χ1) is 14.2. The first-order valence-corrected chi connectivity index (χ1v) is 11.0. The average molecular weight is 449 g/mol. The summed E-state index contributed by atoms with van der Waals surface area (Å²) in [6, 6.07) is 18.6. The molecule has 0 aliphatic carbocycles. The van der Waals surface area contributed by atoms with E-state index in [9.17, 15) is 17.6 Å². The number of halogens is 2. The van der Waals surface area contributed by atoms with Gasteiger partial charge in [0.2, 0.25) is 15.9 Å². The number of hydrogen-bond acceptors (Lipinski definition) is 4. The van der Waals surface area contributed by atoms with Gasteiger partial charge in [0.25, 0.3) is 0 Å². The molecule has 0 spiro atoms. The lowest BCUT2D eigenvalue weighted by Gasteiger charge is -2.22. The van der Waals surface area contributed by atoms with Crippen molar-refractivity contribution in [3.05, 3.63) is 83.6 Å². The number of benzene rings is 3. The molecule has 0 bridgehead atoms. The van der Waals surface area contributed by atoms with Crippen LogP contribution in [0.2, 0.25) is 5.02 Å². The van der Waals surface area contributed by atoms with E-state index in [-0.39, 0.29) is 11.4 Å². The molecule has 0 fully saturated rings. The Bertz CT molecular complexity index is 1160. The summed E-state index contributed by atoms with van der Waals surface area (Å²) >= 11 is 6.04. The molecule has 0 saturated carbocycles. The highest BCUT2D eigenvalue weighted by Crippen LogP contribution is 2.32. The van der Waals surface area contributed by atoms with E-state index in [4.69, 9.17) is 16.3 Å². The Labute approximate surface area is 178 Å². The fourth-order valence-corrected chi connectivity index (χ4v) is 3.68. The summed E-state index contributed by atoms with van der Waals surface area (Å²) in [5, 5.41) is 2.97. The Morgan fingerprint density at radius 1 is 1.07 bits per heavy atom. The third kappa shape index (κ3) is 5.71. The summed E-state index contributed by atoms with van der Waals surface area (Å²) in [7, 11) is -3.84. The van der Waals surface area contributed by atoms with E-state index in [1.807, 2.05) is 6.07 Å². The number of rotatable bonds is 7. The quantitative estimate of drug-likeness (QED) is 0.569. The standard InChI is InChI=1S/C21H18ClFN2O4S/c1-30(27,28)25(17-7-5-6-16(23)13-17)14-21(26)24-19-12-15(22)10-11-20(19)29-18-8-3-2-4-9-18/h2-13H,14H2,1H3,(H,24,26). The molecule has 30 heavy (non-hydrogen) atoms. The molecule has 0 radical (unpaired) electrons. The lowest BCUT2D eigenvalue weighted by Crippen LogP contribution is -2.37. The zero-order valence-corrected chi connectivity index (χ0v) is 17.5. The number of carbonyl (C=O) groups excluding carboxylic acids is 1. The van der Waals surface area contributed by atoms with Crippen molar-refractivity contribution >= 4 is 38.9 Å². The van der Waals surface area contributed by atoms with Crippen molar-refractivity contribution in [3.8, 4) is 11.5 Å². The number of carbonyl (C=O) groups is 1. The highest BCUT2D eigenvalue weighted by atomic mass is 35.5. The first-order valence-electron chi connectivity index (χ1n) is 8.78. The van der Waals surface area contributed by atoms with Crippen LogP contribution in [-0.2, 0) is 14.8 Å². The summed E-state index contributed by atoms with van der Waals surface area (Å²) in [5.41, 5.74) is 0.309. The van der Waals surface area contributed by atoms with Crippen LogP contribution in [0, 0.1) is 5.82 Å². The van der Waals surface area contributed by atoms with Crippen molar-refractivity contribution in [2.45, 2.75) is 0 Å². The molecule has 3 aromatic carbocycles. The van der Waals surface area contributed by atoms with E-state index in [1.165, 1.54) is 24.3 Å². The number of nitrogens with zero attached hydrogens (tertiary/aromatic N) is 1. The molecule has 9 heteroatoms. The van der Waals surface area contributed by atoms with Crippen molar-refractivity contribution in [1.29, 1.82) is 0 Å². The highest BCUT2D eigenvalue weighted by Gasteiger charge is 2.22. The summed E-state index contributed by atoms with van der Waals surface area (Å²) in [6.45, 7) is -0.556. The third-order valence-corrected chi connectivity index (χ3v) is 5.35. The van der Waals surface area contributed by atoms with Crippen molar-refractivity contribution in [2.75, 3.05) is 22.4 Å². The second kappa shape index (κ2) is 9.15. The van der Waals surface area contributed by atoms with Crippen molar-refractivity contribution in [3.63, 3.8) is 0 Å². The van der Waals surface area contributed by atoms with Crippen molar-refractivity contribution in [1.82, 2.24) is 0 Å². The second-order valence-corrected chi connectivity index (χ2v) is 8.70. The van der Waals surface area contributed by atoms with E-state index < -0.39 is 28.3 Å². The molecule has 0 aromatic heterocycles. The van der Waals surface area contributed by atoms with Crippen LogP contribution in [0.4, 0.5) is 15.8 Å². The normalized spacial score (nSPS) is 11.0. The zero-order chi connectivity index (χ0) is 21.7. The SMILES string of the molecule is CS(=O)(=O)N(CC(=O)Nc1cc(Cl)ccc1Oc1ccccc1)c1cccc(F)c1. The summed E-state index contributed by atoms with van der Waals surface area (Å²) in [4.78, 5) is 12.6. The lowest BCUT2D eigenvalue weighted by atomic mass is 10.2. The van der Waals surface area contributed by atoms with E-state index >= 15 is 0 Å². The minimum Gasteiger partial charge on any atom is -0.455 e. The van der Waals surface area contributed by atoms with Crippen LogP contribution >= 0.6 is 11.6 Å². The zero-order valence-electron chi connectivity index (χ0n) is 15.9. The predicted molar refractivity (Wildman–Crippen MR) is 115 cm³/mol. The van der Waals surface area contributed by atoms with Gasteiger partial charge in [0, 0.05) is 5.02 Å². The minimum absolute atomic E-state index is 0.0412. The molecule has 0 heterocycles. The molecule has 0 unspecified atom stereocenters. The molecular formula is C21H18ClFN2O4S. The highest BCUT2D eigenvalue weighted by molar-refractivity contribution is 7.92. The maximum atomic E-state index is 13.6. The molecule has 0 atom stereocenters. The van der Waals surface area contributed by atoms with Gasteiger partial charge in [0.05, 0.1) is 17.6 Å². The van der Waals surface area contributed by atoms with Crippen LogP contribution in [0.1, 0.15) is 0 Å². The number of anilines is 2. The van der Waals surface area contributed by atoms with Gasteiger partial charge in [-0.25, -0.2) is 12.8 Å². The largest absolute Gasteiger partial charge is 0.455 e. The van der Waals surface area contributed by atoms with Gasteiger partial charge in [-0.05, 0) is 48.5 Å². The van der Waals surface area contributed by atoms with Gasteiger partial charge in [-0.1, -0.05) is 35.9 Å². The van der Waals surface area contributed by atoms with Gasteiger partial charge in [0.15, 0.2) is 5.75 Å². The number of hydrogen-bond donors (Lipinski definition) is 1. The molecule has 0 saturated heterocycles. The molecule has 1 N–H and O–H groups in total. The summed E-state index contributed by atoms with van der Waals surface area (Å²) < 4.78 is 44.5. The van der Waals surface area contributed by atoms with Crippen molar-refractivity contribution in [2.24, 2.45) is 0 Å². The smallest absolute Gasteiger partial charge is 0.245 e. The topological polar surface area (TPSA) is 75.7 Å². The maximum Gasteiger partial charge on any atom is 0.245 e. The Hall–Kier alpha value is -3.10. The number of sulfonamides is 1. The van der Waals surface area contributed by atoms with E-state index in [1.54, 1.807) is 36.4 Å². The van der Waals surface area contributed by atoms with Crippen LogP contribution in [-0.4, -0.2) is 27.1 Å². The lowest BCUT2D eigenvalue weighted by molar-refractivity contribution is -0.114. The van der Waals surface area contributed by atoms with Crippen LogP contribution in [0.25, 0.3) is 0 Å². The number of para-hydroxylation sites is 1. The predicted octanol–water partition coefficient (Wildman–Crippen LogP) is 4.68. The third-order valence-electron chi connectivity index (χ3n) is 3.97. The Morgan fingerprint density at radius 3 is 2.47 bits per heavy atom. The van der Waals surface area contributed by atoms with Crippen LogP contribution in [0.5, 0.6) is 11.5 Å². The van der Waals surface area contributed by atoms with E-state index in [2.05, 4.69) is 5.32 Å². The van der Waals surface area contributed by atoms with Crippen LogP contribution < -0.4 is 14.4 Å². The number of nitrogens with one attached hydrogen (secondary N) is 1. The molecular weight excluding hydrogens is 431 g/mol. The Kier molecular flexibility index (Phi) is 6.59. The van der Waals surface area contributed by atoms with Gasteiger partial charge in [-0.3, -0.25) is 9.10 Å².